The van der Waals surface area contributed by atoms with E-state index >= 15 is 0 Å². The molecule has 1 aliphatic rings. The van der Waals surface area contributed by atoms with E-state index < -0.39 is 5.60 Å². The SMILES string of the molecule is CC(C)(C)OC(=O)N[C@H]1C[CH]CC1. The van der Waals surface area contributed by atoms with Crippen molar-refractivity contribution in [2.45, 2.75) is 51.7 Å². The maximum Gasteiger partial charge on any atom is 0.407 e. The van der Waals surface area contributed by atoms with Gasteiger partial charge < -0.3 is 10.1 Å². The van der Waals surface area contributed by atoms with Crippen LogP contribution in [-0.2, 0) is 4.74 Å². The van der Waals surface area contributed by atoms with Crippen molar-refractivity contribution in [2.24, 2.45) is 0 Å². The van der Waals surface area contributed by atoms with Gasteiger partial charge in [0.1, 0.15) is 5.60 Å². The van der Waals surface area contributed by atoms with E-state index in [-0.39, 0.29) is 12.1 Å². The van der Waals surface area contributed by atoms with Gasteiger partial charge in [0.25, 0.3) is 0 Å². The molecule has 0 unspecified atom stereocenters. The fourth-order valence-corrected chi connectivity index (χ4v) is 1.36. The number of carbonyl (C=O) groups excluding carboxylic acids is 1. The van der Waals surface area contributed by atoms with Gasteiger partial charge >= 0.3 is 6.09 Å². The number of nitrogens with one attached hydrogen (secondary N) is 1. The first-order chi connectivity index (χ1) is 5.97. The Morgan fingerprint density at radius 1 is 1.54 bits per heavy atom. The van der Waals surface area contributed by atoms with E-state index in [4.69, 9.17) is 4.74 Å². The largest absolute Gasteiger partial charge is 0.444 e. The second-order valence-electron chi connectivity index (χ2n) is 4.44. The lowest BCUT2D eigenvalue weighted by molar-refractivity contribution is 0.0506. The number of hydrogen-bond acceptors (Lipinski definition) is 2. The molecule has 0 aromatic rings. The molecule has 1 rings (SSSR count). The second-order valence-corrected chi connectivity index (χ2v) is 4.44. The standard InChI is InChI=1S/C10H18NO2/c1-10(2,3)13-9(12)11-8-6-4-5-7-8/h4,8H,5-7H2,1-3H3,(H,11,12)/t8-/m0/s1. The summed E-state index contributed by atoms with van der Waals surface area (Å²) >= 11 is 0. The maximum atomic E-state index is 11.3. The lowest BCUT2D eigenvalue weighted by Crippen LogP contribution is -2.37. The molecule has 0 saturated heterocycles. The Balaban J connectivity index is 2.24. The molecule has 75 valence electrons. The molecular weight excluding hydrogens is 166 g/mol. The normalized spacial score (nSPS) is 18.7. The molecule has 0 aliphatic heterocycles. The van der Waals surface area contributed by atoms with Crippen molar-refractivity contribution < 1.29 is 9.53 Å². The van der Waals surface area contributed by atoms with Crippen molar-refractivity contribution in [2.75, 3.05) is 0 Å². The summed E-state index contributed by atoms with van der Waals surface area (Å²) in [7, 11) is 0. The Morgan fingerprint density at radius 2 is 2.23 bits per heavy atom. The van der Waals surface area contributed by atoms with Crippen LogP contribution < -0.4 is 5.32 Å². The van der Waals surface area contributed by atoms with Crippen LogP contribution in [0.3, 0.4) is 0 Å². The van der Waals surface area contributed by atoms with Crippen LogP contribution in [-0.4, -0.2) is 17.7 Å². The topological polar surface area (TPSA) is 38.3 Å². The summed E-state index contributed by atoms with van der Waals surface area (Å²) in [6.07, 6.45) is 5.01. The summed E-state index contributed by atoms with van der Waals surface area (Å²) in [5, 5.41) is 2.84. The van der Waals surface area contributed by atoms with Gasteiger partial charge in [-0.25, -0.2) is 4.79 Å². The highest BCUT2D eigenvalue weighted by molar-refractivity contribution is 5.68. The zero-order valence-electron chi connectivity index (χ0n) is 8.59. The van der Waals surface area contributed by atoms with Gasteiger partial charge in [0, 0.05) is 6.04 Å². The molecule has 1 N–H and O–H groups in total. The molecule has 0 aromatic carbocycles. The first-order valence-corrected chi connectivity index (χ1v) is 4.78. The Bertz CT molecular complexity index is 178. The molecule has 0 bridgehead atoms. The van der Waals surface area contributed by atoms with E-state index in [1.54, 1.807) is 0 Å². The lowest BCUT2D eigenvalue weighted by atomic mass is 10.2. The fraction of sp³-hybridized carbons (Fsp3) is 0.800. The highest BCUT2D eigenvalue weighted by Crippen LogP contribution is 2.17. The Morgan fingerprint density at radius 3 is 2.69 bits per heavy atom. The molecular formula is C10H18NO2. The molecule has 1 aliphatic carbocycles. The van der Waals surface area contributed by atoms with E-state index in [2.05, 4.69) is 11.7 Å². The third-order valence-corrected chi connectivity index (χ3v) is 1.89. The number of amides is 1. The predicted molar refractivity (Wildman–Crippen MR) is 51.3 cm³/mol. The number of carbonyl (C=O) groups is 1. The molecule has 3 heteroatoms. The van der Waals surface area contributed by atoms with Gasteiger partial charge in [0.2, 0.25) is 0 Å². The molecule has 13 heavy (non-hydrogen) atoms. The summed E-state index contributed by atoms with van der Waals surface area (Å²) in [5.41, 5.74) is -0.396. The minimum absolute atomic E-state index is 0.287. The molecule has 0 aromatic heterocycles. The Kier molecular flexibility index (Phi) is 3.17. The van der Waals surface area contributed by atoms with Crippen molar-refractivity contribution in [3.63, 3.8) is 0 Å². The lowest BCUT2D eigenvalue weighted by Gasteiger charge is -2.21. The van der Waals surface area contributed by atoms with Gasteiger partial charge in [-0.15, -0.1) is 0 Å². The zero-order chi connectivity index (χ0) is 9.90. The second kappa shape index (κ2) is 3.99. The summed E-state index contributed by atoms with van der Waals surface area (Å²) in [4.78, 5) is 11.3. The smallest absolute Gasteiger partial charge is 0.407 e. The highest BCUT2D eigenvalue weighted by atomic mass is 16.6. The number of hydrogen-bond donors (Lipinski definition) is 1. The quantitative estimate of drug-likeness (QED) is 0.679. The van der Waals surface area contributed by atoms with Crippen LogP contribution in [0, 0.1) is 6.42 Å². The Hall–Kier alpha value is -0.730. The highest BCUT2D eigenvalue weighted by Gasteiger charge is 2.21. The first kappa shape index (κ1) is 10.4. The third-order valence-electron chi connectivity index (χ3n) is 1.89. The van der Waals surface area contributed by atoms with Crippen molar-refractivity contribution in [1.82, 2.24) is 5.32 Å². The van der Waals surface area contributed by atoms with Crippen molar-refractivity contribution in [3.8, 4) is 0 Å². The first-order valence-electron chi connectivity index (χ1n) is 4.78. The predicted octanol–water partition coefficient (Wildman–Crippen LogP) is 2.27. The van der Waals surface area contributed by atoms with Crippen LogP contribution in [0.15, 0.2) is 0 Å². The average Bonchev–Trinajstić information content (AvgIpc) is 2.34. The third kappa shape index (κ3) is 4.15. The molecule has 3 nitrogen and oxygen atoms in total. The monoisotopic (exact) mass is 184 g/mol. The number of ether oxygens (including phenoxy) is 1. The van der Waals surface area contributed by atoms with Gasteiger partial charge in [-0.1, -0.05) is 0 Å². The van der Waals surface area contributed by atoms with Gasteiger partial charge in [-0.05, 0) is 46.5 Å². The van der Waals surface area contributed by atoms with Crippen LogP contribution in [0.5, 0.6) is 0 Å². The van der Waals surface area contributed by atoms with E-state index in [0.29, 0.717) is 0 Å². The van der Waals surface area contributed by atoms with Gasteiger partial charge in [0.15, 0.2) is 0 Å². The fourth-order valence-electron chi connectivity index (χ4n) is 1.36. The van der Waals surface area contributed by atoms with E-state index in [1.165, 1.54) is 0 Å². The molecule has 0 spiro atoms. The molecule has 1 atom stereocenters. The van der Waals surface area contributed by atoms with Crippen LogP contribution in [0.2, 0.25) is 0 Å². The zero-order valence-corrected chi connectivity index (χ0v) is 8.59. The number of rotatable bonds is 1. The minimum atomic E-state index is -0.396. The van der Waals surface area contributed by atoms with Crippen molar-refractivity contribution in [1.29, 1.82) is 0 Å². The van der Waals surface area contributed by atoms with Crippen LogP contribution in [0.1, 0.15) is 40.0 Å². The van der Waals surface area contributed by atoms with E-state index in [1.807, 2.05) is 20.8 Å². The van der Waals surface area contributed by atoms with Crippen LogP contribution >= 0.6 is 0 Å². The molecule has 1 radical (unpaired) electrons. The van der Waals surface area contributed by atoms with Gasteiger partial charge in [-0.2, -0.15) is 0 Å². The van der Waals surface area contributed by atoms with E-state index in [9.17, 15) is 4.79 Å². The average molecular weight is 184 g/mol. The molecule has 0 heterocycles. The van der Waals surface area contributed by atoms with Gasteiger partial charge in [0.05, 0.1) is 0 Å². The molecule has 1 saturated carbocycles. The van der Waals surface area contributed by atoms with E-state index in [0.717, 1.165) is 19.3 Å². The maximum absolute atomic E-state index is 11.3. The summed E-state index contributed by atoms with van der Waals surface area (Å²) < 4.78 is 5.14. The Labute approximate surface area is 79.8 Å². The van der Waals surface area contributed by atoms with Gasteiger partial charge in [-0.3, -0.25) is 0 Å². The summed E-state index contributed by atoms with van der Waals surface area (Å²) in [6.45, 7) is 5.61. The van der Waals surface area contributed by atoms with Crippen LogP contribution in [0.25, 0.3) is 0 Å². The minimum Gasteiger partial charge on any atom is -0.444 e. The number of alkyl carbamates (subject to hydrolysis) is 1. The molecule has 1 fully saturated rings. The molecule has 1 amide bonds. The summed E-state index contributed by atoms with van der Waals surface area (Å²) in [5.74, 6) is 0. The van der Waals surface area contributed by atoms with Crippen molar-refractivity contribution in [3.05, 3.63) is 6.42 Å². The van der Waals surface area contributed by atoms with Crippen molar-refractivity contribution >= 4 is 6.09 Å². The summed E-state index contributed by atoms with van der Waals surface area (Å²) in [6, 6.07) is 0.287. The van der Waals surface area contributed by atoms with Crippen LogP contribution in [0.4, 0.5) is 4.79 Å².